The van der Waals surface area contributed by atoms with Crippen molar-refractivity contribution in [1.29, 1.82) is 0 Å². The number of benzene rings is 1. The topological polar surface area (TPSA) is 44.5 Å². The fourth-order valence-corrected chi connectivity index (χ4v) is 1.96. The van der Waals surface area contributed by atoms with E-state index >= 15 is 0 Å². The smallest absolute Gasteiger partial charge is 0.123 e. The van der Waals surface area contributed by atoms with Gasteiger partial charge in [0, 0.05) is 12.1 Å². The molecule has 2 N–H and O–H groups in total. The van der Waals surface area contributed by atoms with Crippen LogP contribution in [0.5, 0.6) is 5.75 Å². The van der Waals surface area contributed by atoms with Crippen LogP contribution in [0.25, 0.3) is 0 Å². The molecule has 96 valence electrons. The van der Waals surface area contributed by atoms with Gasteiger partial charge in [0.15, 0.2) is 0 Å². The lowest BCUT2D eigenvalue weighted by atomic mass is 10.0. The standard InChI is InChI=1S/C14H23NO2/c1-10(2)17-11(3)7-12-5-6-14(16-4)13(8-12)9-15/h5-6,8,10-11H,7,9,15H2,1-4H3. The summed E-state index contributed by atoms with van der Waals surface area (Å²) in [5.41, 5.74) is 7.97. The second-order valence-corrected chi connectivity index (χ2v) is 4.55. The van der Waals surface area contributed by atoms with Crippen molar-refractivity contribution < 1.29 is 9.47 Å². The van der Waals surface area contributed by atoms with Crippen molar-refractivity contribution in [3.05, 3.63) is 29.3 Å². The molecule has 0 aromatic heterocycles. The van der Waals surface area contributed by atoms with E-state index in [2.05, 4.69) is 32.9 Å². The van der Waals surface area contributed by atoms with Crippen LogP contribution in [0.4, 0.5) is 0 Å². The van der Waals surface area contributed by atoms with Gasteiger partial charge in [-0.15, -0.1) is 0 Å². The molecule has 0 spiro atoms. The van der Waals surface area contributed by atoms with Gasteiger partial charge in [-0.3, -0.25) is 0 Å². The van der Waals surface area contributed by atoms with Gasteiger partial charge in [-0.1, -0.05) is 12.1 Å². The molecule has 0 amide bonds. The van der Waals surface area contributed by atoms with Crippen LogP contribution in [0.2, 0.25) is 0 Å². The minimum atomic E-state index is 0.217. The van der Waals surface area contributed by atoms with Crippen molar-refractivity contribution in [1.82, 2.24) is 0 Å². The first-order valence-electron chi connectivity index (χ1n) is 6.08. The first-order valence-corrected chi connectivity index (χ1v) is 6.08. The molecule has 0 heterocycles. The van der Waals surface area contributed by atoms with Crippen LogP contribution in [0.3, 0.4) is 0 Å². The van der Waals surface area contributed by atoms with Gasteiger partial charge in [0.05, 0.1) is 19.3 Å². The summed E-state index contributed by atoms with van der Waals surface area (Å²) in [6.07, 6.45) is 1.38. The Hall–Kier alpha value is -1.06. The number of methoxy groups -OCH3 is 1. The lowest BCUT2D eigenvalue weighted by Crippen LogP contribution is -2.17. The Balaban J connectivity index is 2.72. The normalized spacial score (nSPS) is 12.8. The van der Waals surface area contributed by atoms with Crippen molar-refractivity contribution in [3.8, 4) is 5.75 Å². The summed E-state index contributed by atoms with van der Waals surface area (Å²) in [7, 11) is 1.67. The highest BCUT2D eigenvalue weighted by Gasteiger charge is 2.08. The van der Waals surface area contributed by atoms with Gasteiger partial charge in [0.25, 0.3) is 0 Å². The van der Waals surface area contributed by atoms with Gasteiger partial charge in [-0.05, 0) is 38.8 Å². The fraction of sp³-hybridized carbons (Fsp3) is 0.571. The van der Waals surface area contributed by atoms with Crippen LogP contribution in [0.1, 0.15) is 31.9 Å². The quantitative estimate of drug-likeness (QED) is 0.826. The number of rotatable bonds is 6. The summed E-state index contributed by atoms with van der Waals surface area (Å²) < 4.78 is 11.0. The zero-order valence-electron chi connectivity index (χ0n) is 11.2. The molecule has 17 heavy (non-hydrogen) atoms. The van der Waals surface area contributed by atoms with Crippen LogP contribution in [-0.2, 0) is 17.7 Å². The number of hydrogen-bond donors (Lipinski definition) is 1. The molecule has 1 atom stereocenters. The third-order valence-electron chi connectivity index (χ3n) is 2.59. The van der Waals surface area contributed by atoms with E-state index in [0.717, 1.165) is 17.7 Å². The molecule has 0 fully saturated rings. The summed E-state index contributed by atoms with van der Waals surface area (Å²) >= 11 is 0. The molecule has 1 aromatic rings. The molecule has 1 unspecified atom stereocenters. The molecule has 3 heteroatoms. The van der Waals surface area contributed by atoms with Crippen LogP contribution in [-0.4, -0.2) is 19.3 Å². The first-order chi connectivity index (χ1) is 8.06. The Morgan fingerprint density at radius 1 is 1.24 bits per heavy atom. The van der Waals surface area contributed by atoms with E-state index in [0.29, 0.717) is 6.54 Å². The van der Waals surface area contributed by atoms with Gasteiger partial charge < -0.3 is 15.2 Å². The highest BCUT2D eigenvalue weighted by Crippen LogP contribution is 2.20. The highest BCUT2D eigenvalue weighted by atomic mass is 16.5. The van der Waals surface area contributed by atoms with E-state index in [4.69, 9.17) is 15.2 Å². The van der Waals surface area contributed by atoms with E-state index < -0.39 is 0 Å². The summed E-state index contributed by atoms with van der Waals surface area (Å²) in [6, 6.07) is 6.14. The lowest BCUT2D eigenvalue weighted by molar-refractivity contribution is 0.0195. The van der Waals surface area contributed by atoms with Gasteiger partial charge >= 0.3 is 0 Å². The number of hydrogen-bond acceptors (Lipinski definition) is 3. The van der Waals surface area contributed by atoms with Crippen molar-refractivity contribution in [3.63, 3.8) is 0 Å². The maximum Gasteiger partial charge on any atom is 0.123 e. The van der Waals surface area contributed by atoms with Crippen LogP contribution in [0.15, 0.2) is 18.2 Å². The average Bonchev–Trinajstić information content (AvgIpc) is 2.27. The molecular formula is C14H23NO2. The zero-order chi connectivity index (χ0) is 12.8. The summed E-state index contributed by atoms with van der Waals surface area (Å²) in [6.45, 7) is 6.69. The van der Waals surface area contributed by atoms with Gasteiger partial charge in [-0.2, -0.15) is 0 Å². The molecule has 0 saturated carbocycles. The Labute approximate surface area is 104 Å². The largest absolute Gasteiger partial charge is 0.496 e. The van der Waals surface area contributed by atoms with E-state index in [1.165, 1.54) is 5.56 Å². The van der Waals surface area contributed by atoms with Gasteiger partial charge in [0.1, 0.15) is 5.75 Å². The summed E-state index contributed by atoms with van der Waals surface area (Å²) in [5, 5.41) is 0. The number of nitrogens with two attached hydrogens (primary N) is 1. The molecule has 1 aromatic carbocycles. The maximum atomic E-state index is 5.72. The lowest BCUT2D eigenvalue weighted by Gasteiger charge is -2.17. The molecule has 3 nitrogen and oxygen atoms in total. The van der Waals surface area contributed by atoms with Gasteiger partial charge in [0.2, 0.25) is 0 Å². The van der Waals surface area contributed by atoms with Crippen LogP contribution >= 0.6 is 0 Å². The Morgan fingerprint density at radius 3 is 2.47 bits per heavy atom. The Bertz CT molecular complexity index is 350. The van der Waals surface area contributed by atoms with Crippen molar-refractivity contribution in [2.24, 2.45) is 5.73 Å². The number of ether oxygens (including phenoxy) is 2. The van der Waals surface area contributed by atoms with E-state index in [1.54, 1.807) is 7.11 Å². The van der Waals surface area contributed by atoms with E-state index in [-0.39, 0.29) is 12.2 Å². The van der Waals surface area contributed by atoms with Crippen molar-refractivity contribution >= 4 is 0 Å². The molecular weight excluding hydrogens is 214 g/mol. The molecule has 0 aliphatic heterocycles. The van der Waals surface area contributed by atoms with Gasteiger partial charge in [-0.25, -0.2) is 0 Å². The minimum absolute atomic E-state index is 0.217. The first kappa shape index (κ1) is 14.0. The molecule has 0 bridgehead atoms. The maximum absolute atomic E-state index is 5.72. The van der Waals surface area contributed by atoms with Crippen LogP contribution < -0.4 is 10.5 Å². The second kappa shape index (κ2) is 6.62. The Morgan fingerprint density at radius 2 is 1.94 bits per heavy atom. The Kier molecular flexibility index (Phi) is 5.45. The average molecular weight is 237 g/mol. The summed E-state index contributed by atoms with van der Waals surface area (Å²) in [5.74, 6) is 0.855. The molecule has 0 aliphatic rings. The second-order valence-electron chi connectivity index (χ2n) is 4.55. The third kappa shape index (κ3) is 4.36. The van der Waals surface area contributed by atoms with Crippen molar-refractivity contribution in [2.45, 2.75) is 45.9 Å². The SMILES string of the molecule is COc1ccc(CC(C)OC(C)C)cc1CN. The zero-order valence-corrected chi connectivity index (χ0v) is 11.2. The fourth-order valence-electron chi connectivity index (χ4n) is 1.96. The van der Waals surface area contributed by atoms with E-state index in [9.17, 15) is 0 Å². The summed E-state index contributed by atoms with van der Waals surface area (Å²) in [4.78, 5) is 0. The van der Waals surface area contributed by atoms with E-state index in [1.807, 2.05) is 6.07 Å². The molecule has 0 radical (unpaired) electrons. The highest BCUT2D eigenvalue weighted by molar-refractivity contribution is 5.37. The molecule has 0 aliphatic carbocycles. The monoisotopic (exact) mass is 237 g/mol. The predicted molar refractivity (Wildman–Crippen MR) is 70.3 cm³/mol. The minimum Gasteiger partial charge on any atom is -0.496 e. The third-order valence-corrected chi connectivity index (χ3v) is 2.59. The predicted octanol–water partition coefficient (Wildman–Crippen LogP) is 2.51. The van der Waals surface area contributed by atoms with Crippen molar-refractivity contribution in [2.75, 3.05) is 7.11 Å². The molecule has 1 rings (SSSR count). The van der Waals surface area contributed by atoms with Crippen LogP contribution in [0, 0.1) is 0 Å². The molecule has 0 saturated heterocycles.